The second kappa shape index (κ2) is 10.6. The van der Waals surface area contributed by atoms with Gasteiger partial charge in [0.25, 0.3) is 0 Å². The minimum atomic E-state index is -1.22. The van der Waals surface area contributed by atoms with Crippen LogP contribution >= 0.6 is 0 Å². The highest BCUT2D eigenvalue weighted by molar-refractivity contribution is 5.83. The number of aliphatic imine (C=N–C) groups is 1. The van der Waals surface area contributed by atoms with E-state index in [-0.39, 0.29) is 11.3 Å². The lowest BCUT2D eigenvalue weighted by molar-refractivity contribution is -0.139. The summed E-state index contributed by atoms with van der Waals surface area (Å²) < 4.78 is 0. The normalized spacial score (nSPS) is 33.4. The van der Waals surface area contributed by atoms with Crippen LogP contribution < -0.4 is 5.73 Å². The van der Waals surface area contributed by atoms with Gasteiger partial charge in [-0.2, -0.15) is 0 Å². The van der Waals surface area contributed by atoms with E-state index in [2.05, 4.69) is 73.4 Å². The van der Waals surface area contributed by atoms with Crippen LogP contribution in [0.3, 0.4) is 0 Å². The number of amides is 1. The molecule has 2 heterocycles. The maximum absolute atomic E-state index is 13.0. The molecule has 2 saturated carbocycles. The molecule has 4 fully saturated rings. The Bertz CT molecular complexity index is 1280. The van der Waals surface area contributed by atoms with Crippen molar-refractivity contribution in [2.45, 2.75) is 101 Å². The first-order valence-corrected chi connectivity index (χ1v) is 15.7. The van der Waals surface area contributed by atoms with E-state index in [9.17, 15) is 9.90 Å². The topological polar surface area (TPSA) is 81.9 Å². The van der Waals surface area contributed by atoms with E-state index >= 15 is 0 Å². The fraction of sp³-hybridized carbons (Fsp3) is 0.600. The van der Waals surface area contributed by atoms with Crippen molar-refractivity contribution in [3.63, 3.8) is 0 Å². The third-order valence-corrected chi connectivity index (χ3v) is 10.8. The lowest BCUT2D eigenvalue weighted by Gasteiger charge is -2.44. The molecule has 0 aromatic heterocycles. The maximum atomic E-state index is 13.0. The Morgan fingerprint density at radius 3 is 2.61 bits per heavy atom. The first kappa shape index (κ1) is 28.6. The number of likely N-dealkylation sites (tertiary alicyclic amines) is 2. The number of nitrogens with two attached hydrogens (primary N) is 1. The van der Waals surface area contributed by atoms with Gasteiger partial charge in [0.05, 0.1) is 11.3 Å². The summed E-state index contributed by atoms with van der Waals surface area (Å²) in [5.41, 5.74) is 10.5. The molecular weight excluding hydrogens is 508 g/mol. The van der Waals surface area contributed by atoms with Crippen LogP contribution in [0.5, 0.6) is 0 Å². The summed E-state index contributed by atoms with van der Waals surface area (Å²) in [6.45, 7) is 9.89. The van der Waals surface area contributed by atoms with E-state index in [1.807, 2.05) is 4.90 Å². The number of carbonyl (C=O) groups excluding carboxylic acids is 1. The van der Waals surface area contributed by atoms with Gasteiger partial charge in [-0.05, 0) is 114 Å². The van der Waals surface area contributed by atoms with E-state index < -0.39 is 11.6 Å². The second-order valence-corrected chi connectivity index (χ2v) is 14.1. The number of piperidine rings is 1. The Balaban J connectivity index is 1.12. The van der Waals surface area contributed by atoms with Crippen molar-refractivity contribution in [2.24, 2.45) is 22.6 Å². The average molecular weight is 557 g/mol. The summed E-state index contributed by atoms with van der Waals surface area (Å²) in [7, 11) is 0. The van der Waals surface area contributed by atoms with E-state index in [0.717, 1.165) is 49.6 Å². The molecule has 3 aliphatic carbocycles. The van der Waals surface area contributed by atoms with E-state index in [4.69, 9.17) is 10.7 Å². The van der Waals surface area contributed by atoms with Crippen molar-refractivity contribution in [1.82, 2.24) is 9.80 Å². The first-order chi connectivity index (χ1) is 19.5. The Labute approximate surface area is 246 Å². The van der Waals surface area contributed by atoms with E-state index in [1.165, 1.54) is 30.4 Å². The molecule has 6 atom stereocenters. The summed E-state index contributed by atoms with van der Waals surface area (Å²) in [6, 6.07) is 10.8. The zero-order valence-electron chi connectivity index (χ0n) is 25.4. The number of rotatable bonds is 8. The van der Waals surface area contributed by atoms with Crippen LogP contribution in [-0.2, 0) is 10.2 Å². The number of hydrogen-bond donors (Lipinski definition) is 2. The minimum absolute atomic E-state index is 0.0646. The van der Waals surface area contributed by atoms with Crippen LogP contribution in [0.2, 0.25) is 0 Å². The molecule has 1 aromatic rings. The third kappa shape index (κ3) is 5.39. The van der Waals surface area contributed by atoms with Gasteiger partial charge in [-0.15, -0.1) is 0 Å². The summed E-state index contributed by atoms with van der Waals surface area (Å²) >= 11 is 0. The van der Waals surface area contributed by atoms with Gasteiger partial charge >= 0.3 is 0 Å². The summed E-state index contributed by atoms with van der Waals surface area (Å²) in [5, 5.41) is 10.3. The van der Waals surface area contributed by atoms with Gasteiger partial charge in [0.1, 0.15) is 6.04 Å². The molecule has 2 aliphatic heterocycles. The van der Waals surface area contributed by atoms with Crippen LogP contribution in [0.1, 0.15) is 78.2 Å². The molecule has 0 bridgehead atoms. The summed E-state index contributed by atoms with van der Waals surface area (Å²) in [5.74, 6) is 1.34. The fourth-order valence-electron chi connectivity index (χ4n) is 8.26. The van der Waals surface area contributed by atoms with Crippen molar-refractivity contribution < 1.29 is 9.90 Å². The molecule has 2 saturated heterocycles. The lowest BCUT2D eigenvalue weighted by atomic mass is 9.70. The molecule has 6 rings (SSSR count). The monoisotopic (exact) mass is 556 g/mol. The summed E-state index contributed by atoms with van der Waals surface area (Å²) in [4.78, 5) is 22.6. The second-order valence-electron chi connectivity index (χ2n) is 14.1. The standard InChI is InChI=1S/C35H48N4O2/c1-24(2)37-29-13-9-8-10-26(29)20-25-21-28-23-35(28)30(22-25)39(35)19-16-34(27-11-6-5-7-12-27)14-17-38(18-15-34)32(40)31(36)33(3,4)41/h5-9,11-13,20,25,28,30-31,41H,10,14-19,21-23,36H2,1-4H3/b26-20+/t25-,28?,30?,31?,35?,39?/m1/s1. The molecule has 41 heavy (non-hydrogen) atoms. The number of hydrogen-bond acceptors (Lipinski definition) is 5. The highest BCUT2D eigenvalue weighted by Crippen LogP contribution is 2.71. The van der Waals surface area contributed by atoms with Crippen LogP contribution in [0, 0.1) is 11.8 Å². The van der Waals surface area contributed by atoms with Crippen LogP contribution in [-0.4, -0.2) is 69.4 Å². The van der Waals surface area contributed by atoms with Gasteiger partial charge < -0.3 is 15.7 Å². The predicted octanol–water partition coefficient (Wildman–Crippen LogP) is 5.14. The Kier molecular flexibility index (Phi) is 7.40. The zero-order valence-corrected chi connectivity index (χ0v) is 25.4. The summed E-state index contributed by atoms with van der Waals surface area (Å²) in [6.07, 6.45) is 17.0. The van der Waals surface area contributed by atoms with Gasteiger partial charge in [0, 0.05) is 30.4 Å². The van der Waals surface area contributed by atoms with Crippen molar-refractivity contribution in [1.29, 1.82) is 0 Å². The van der Waals surface area contributed by atoms with Crippen LogP contribution in [0.25, 0.3) is 0 Å². The molecule has 5 unspecified atom stereocenters. The van der Waals surface area contributed by atoms with Crippen LogP contribution in [0.15, 0.2) is 70.9 Å². The fourth-order valence-corrected chi connectivity index (χ4v) is 8.26. The van der Waals surface area contributed by atoms with Crippen molar-refractivity contribution in [2.75, 3.05) is 19.6 Å². The van der Waals surface area contributed by atoms with Gasteiger partial charge in [-0.3, -0.25) is 14.7 Å². The molecule has 0 radical (unpaired) electrons. The van der Waals surface area contributed by atoms with Crippen molar-refractivity contribution in [3.05, 3.63) is 71.5 Å². The average Bonchev–Trinajstić information content (AvgIpc) is 3.83. The lowest BCUT2D eigenvalue weighted by Crippen LogP contribution is -2.57. The molecule has 220 valence electrons. The number of carbonyl (C=O) groups is 1. The molecule has 3 N–H and O–H groups in total. The van der Waals surface area contributed by atoms with Crippen molar-refractivity contribution in [3.8, 4) is 0 Å². The van der Waals surface area contributed by atoms with E-state index in [0.29, 0.717) is 30.6 Å². The maximum Gasteiger partial charge on any atom is 0.242 e. The van der Waals surface area contributed by atoms with Gasteiger partial charge in [-0.25, -0.2) is 0 Å². The molecule has 5 aliphatic rings. The van der Waals surface area contributed by atoms with Gasteiger partial charge in [0.2, 0.25) is 5.91 Å². The SMILES string of the molecule is CC(C)=NC1=CC=CC/C1=C\[C@@H]1CC2CC23C(C1)N3CCC1(c2ccccc2)CCN(C(=O)C(N)C(C)(C)O)CC1. The molecule has 6 heteroatoms. The minimum Gasteiger partial charge on any atom is -0.388 e. The third-order valence-electron chi connectivity index (χ3n) is 10.8. The van der Waals surface area contributed by atoms with Crippen LogP contribution in [0.4, 0.5) is 0 Å². The number of nitrogens with zero attached hydrogens (tertiary/aromatic N) is 3. The largest absolute Gasteiger partial charge is 0.388 e. The number of aliphatic hydroxyl groups is 1. The Morgan fingerprint density at radius 2 is 1.93 bits per heavy atom. The van der Waals surface area contributed by atoms with Gasteiger partial charge in [-0.1, -0.05) is 48.6 Å². The molecular formula is C35H48N4O2. The molecule has 1 amide bonds. The van der Waals surface area contributed by atoms with Gasteiger partial charge in [0.15, 0.2) is 0 Å². The molecule has 1 aromatic carbocycles. The molecule has 6 nitrogen and oxygen atoms in total. The Hall–Kier alpha value is -2.54. The highest BCUT2D eigenvalue weighted by Gasteiger charge is 2.77. The zero-order chi connectivity index (χ0) is 29.0. The van der Waals surface area contributed by atoms with Crippen molar-refractivity contribution >= 4 is 11.6 Å². The Morgan fingerprint density at radius 1 is 1.20 bits per heavy atom. The molecule has 1 spiro atoms. The quantitative estimate of drug-likeness (QED) is 0.343. The van der Waals surface area contributed by atoms with E-state index in [1.54, 1.807) is 13.8 Å². The smallest absolute Gasteiger partial charge is 0.242 e. The number of benzene rings is 1. The predicted molar refractivity (Wildman–Crippen MR) is 166 cm³/mol. The number of allylic oxidation sites excluding steroid dienone is 5. The first-order valence-electron chi connectivity index (χ1n) is 15.7. The highest BCUT2D eigenvalue weighted by atomic mass is 16.3.